The second-order valence-electron chi connectivity index (χ2n) is 5.21. The first-order chi connectivity index (χ1) is 9.17. The molecule has 2 saturated heterocycles. The highest BCUT2D eigenvalue weighted by molar-refractivity contribution is 6.30. The summed E-state index contributed by atoms with van der Waals surface area (Å²) >= 11 is 6.02. The van der Waals surface area contributed by atoms with Crippen LogP contribution in [0.2, 0.25) is 5.02 Å². The number of nitrogens with one attached hydrogen (secondary N) is 1. The lowest BCUT2D eigenvalue weighted by Gasteiger charge is -2.20. The number of benzene rings is 1. The zero-order valence-electron chi connectivity index (χ0n) is 10.9. The molecule has 4 nitrogen and oxygen atoms in total. The molecule has 0 aliphatic carbocycles. The predicted octanol–water partition coefficient (Wildman–Crippen LogP) is 2.46. The third-order valence-electron chi connectivity index (χ3n) is 4.00. The molecule has 0 spiro atoms. The molecule has 0 amide bonds. The summed E-state index contributed by atoms with van der Waals surface area (Å²) in [5, 5.41) is 14.1. The summed E-state index contributed by atoms with van der Waals surface area (Å²) in [7, 11) is 1.52. The molecule has 1 aromatic carbocycles. The Balaban J connectivity index is 1.68. The Bertz CT molecular complexity index is 480. The van der Waals surface area contributed by atoms with Gasteiger partial charge in [0.1, 0.15) is 0 Å². The average Bonchev–Trinajstić information content (AvgIpc) is 3.01. The Hall–Kier alpha value is -0.970. The number of phenols is 1. The maximum absolute atomic E-state index is 10.1. The summed E-state index contributed by atoms with van der Waals surface area (Å²) < 4.78 is 10.9. The fourth-order valence-corrected chi connectivity index (χ4v) is 3.24. The summed E-state index contributed by atoms with van der Waals surface area (Å²) in [5.74, 6) is 0.567. The summed E-state index contributed by atoms with van der Waals surface area (Å²) in [6.07, 6.45) is 4.12. The van der Waals surface area contributed by atoms with Crippen molar-refractivity contribution in [3.63, 3.8) is 0 Å². The van der Waals surface area contributed by atoms with Gasteiger partial charge in [-0.1, -0.05) is 11.6 Å². The number of ether oxygens (including phenoxy) is 2. The van der Waals surface area contributed by atoms with E-state index in [1.165, 1.54) is 13.5 Å². The van der Waals surface area contributed by atoms with Gasteiger partial charge < -0.3 is 19.9 Å². The van der Waals surface area contributed by atoms with E-state index in [2.05, 4.69) is 5.32 Å². The quantitative estimate of drug-likeness (QED) is 0.891. The van der Waals surface area contributed by atoms with Crippen LogP contribution in [0.5, 0.6) is 11.5 Å². The molecule has 3 unspecified atom stereocenters. The Morgan fingerprint density at radius 2 is 2.32 bits per heavy atom. The van der Waals surface area contributed by atoms with Gasteiger partial charge in [0.2, 0.25) is 0 Å². The fourth-order valence-electron chi connectivity index (χ4n) is 3.01. The highest BCUT2D eigenvalue weighted by Gasteiger charge is 2.40. The molecule has 1 aromatic rings. The molecule has 0 aromatic heterocycles. The average molecular weight is 284 g/mol. The first-order valence-corrected chi connectivity index (χ1v) is 6.99. The minimum atomic E-state index is 0.156. The van der Waals surface area contributed by atoms with Gasteiger partial charge in [-0.15, -0.1) is 0 Å². The van der Waals surface area contributed by atoms with Gasteiger partial charge in [0.15, 0.2) is 11.5 Å². The third-order valence-corrected chi connectivity index (χ3v) is 4.22. The lowest BCUT2D eigenvalue weighted by Crippen LogP contribution is -2.37. The Kier molecular flexibility index (Phi) is 3.56. The van der Waals surface area contributed by atoms with Gasteiger partial charge in [-0.25, -0.2) is 0 Å². The molecule has 0 radical (unpaired) electrons. The topological polar surface area (TPSA) is 50.7 Å². The molecule has 19 heavy (non-hydrogen) atoms. The van der Waals surface area contributed by atoms with Crippen molar-refractivity contribution in [3.05, 3.63) is 22.7 Å². The minimum Gasteiger partial charge on any atom is -0.504 e. The maximum atomic E-state index is 10.1. The summed E-state index contributed by atoms with van der Waals surface area (Å²) in [5.41, 5.74) is 0.757. The summed E-state index contributed by atoms with van der Waals surface area (Å²) in [4.78, 5) is 0. The van der Waals surface area contributed by atoms with E-state index in [1.807, 2.05) is 0 Å². The zero-order chi connectivity index (χ0) is 13.4. The van der Waals surface area contributed by atoms with Gasteiger partial charge in [-0.05, 0) is 25.3 Å². The van der Waals surface area contributed by atoms with E-state index in [4.69, 9.17) is 21.1 Å². The van der Waals surface area contributed by atoms with Crippen LogP contribution < -0.4 is 10.1 Å². The molecule has 2 N–H and O–H groups in total. The first kappa shape index (κ1) is 13.0. The van der Waals surface area contributed by atoms with E-state index >= 15 is 0 Å². The van der Waals surface area contributed by atoms with E-state index in [9.17, 15) is 5.11 Å². The first-order valence-electron chi connectivity index (χ1n) is 6.61. The van der Waals surface area contributed by atoms with Gasteiger partial charge in [0.25, 0.3) is 0 Å². The van der Waals surface area contributed by atoms with Crippen molar-refractivity contribution in [1.29, 1.82) is 0 Å². The SMILES string of the molecule is COc1cc(Cl)cc(CNC2CC3CCC2O3)c1O. The van der Waals surface area contributed by atoms with E-state index in [-0.39, 0.29) is 5.75 Å². The van der Waals surface area contributed by atoms with Crippen LogP contribution in [-0.4, -0.2) is 30.5 Å². The molecule has 2 heterocycles. The fraction of sp³-hybridized carbons (Fsp3) is 0.571. The Morgan fingerprint density at radius 1 is 1.47 bits per heavy atom. The molecule has 2 aliphatic rings. The summed E-state index contributed by atoms with van der Waals surface area (Å²) in [6.45, 7) is 0.569. The lowest BCUT2D eigenvalue weighted by atomic mass is 9.95. The van der Waals surface area contributed by atoms with Crippen LogP contribution in [0.3, 0.4) is 0 Å². The van der Waals surface area contributed by atoms with E-state index in [0.717, 1.165) is 18.4 Å². The second kappa shape index (κ2) is 5.19. The van der Waals surface area contributed by atoms with Crippen LogP contribution >= 0.6 is 11.6 Å². The van der Waals surface area contributed by atoms with E-state index in [0.29, 0.717) is 35.6 Å². The Labute approximate surface area is 117 Å². The highest BCUT2D eigenvalue weighted by atomic mass is 35.5. The molecule has 3 rings (SSSR count). The number of fused-ring (bicyclic) bond motifs is 2. The molecule has 2 aliphatic heterocycles. The van der Waals surface area contributed by atoms with Crippen molar-refractivity contribution >= 4 is 11.6 Å². The van der Waals surface area contributed by atoms with Crippen molar-refractivity contribution in [2.45, 2.75) is 44.1 Å². The number of phenolic OH excluding ortho intramolecular Hbond substituents is 1. The normalized spacial score (nSPS) is 28.8. The maximum Gasteiger partial charge on any atom is 0.162 e. The van der Waals surface area contributed by atoms with Crippen LogP contribution in [0.25, 0.3) is 0 Å². The van der Waals surface area contributed by atoms with E-state index < -0.39 is 0 Å². The van der Waals surface area contributed by atoms with Crippen molar-refractivity contribution in [2.24, 2.45) is 0 Å². The second-order valence-corrected chi connectivity index (χ2v) is 5.65. The van der Waals surface area contributed by atoms with Gasteiger partial charge in [0, 0.05) is 29.2 Å². The number of rotatable bonds is 4. The van der Waals surface area contributed by atoms with Crippen molar-refractivity contribution in [3.8, 4) is 11.5 Å². The molecule has 104 valence electrons. The minimum absolute atomic E-state index is 0.156. The monoisotopic (exact) mass is 283 g/mol. The molecule has 0 saturated carbocycles. The van der Waals surface area contributed by atoms with Crippen LogP contribution in [0, 0.1) is 0 Å². The number of hydrogen-bond donors (Lipinski definition) is 2. The third kappa shape index (κ3) is 2.53. The zero-order valence-corrected chi connectivity index (χ0v) is 11.6. The van der Waals surface area contributed by atoms with Crippen molar-refractivity contribution in [2.75, 3.05) is 7.11 Å². The Morgan fingerprint density at radius 3 is 2.95 bits per heavy atom. The van der Waals surface area contributed by atoms with Gasteiger partial charge in [-0.3, -0.25) is 0 Å². The molecule has 2 fully saturated rings. The number of halogens is 1. The molecule has 2 bridgehead atoms. The van der Waals surface area contributed by atoms with E-state index in [1.54, 1.807) is 12.1 Å². The smallest absolute Gasteiger partial charge is 0.162 e. The van der Waals surface area contributed by atoms with Crippen LogP contribution in [-0.2, 0) is 11.3 Å². The predicted molar refractivity (Wildman–Crippen MR) is 72.8 cm³/mol. The number of aromatic hydroxyl groups is 1. The van der Waals surface area contributed by atoms with Crippen LogP contribution in [0.1, 0.15) is 24.8 Å². The standard InChI is InChI=1S/C14H18ClNO3/c1-18-13-5-9(15)4-8(14(13)17)7-16-11-6-10-2-3-12(11)19-10/h4-5,10-12,16-17H,2-3,6-7H2,1H3. The highest BCUT2D eigenvalue weighted by Crippen LogP contribution is 2.36. The van der Waals surface area contributed by atoms with Gasteiger partial charge >= 0.3 is 0 Å². The lowest BCUT2D eigenvalue weighted by molar-refractivity contribution is 0.0972. The molecule has 3 atom stereocenters. The summed E-state index contributed by atoms with van der Waals surface area (Å²) in [6, 6.07) is 3.75. The van der Waals surface area contributed by atoms with Crippen molar-refractivity contribution < 1.29 is 14.6 Å². The van der Waals surface area contributed by atoms with Gasteiger partial charge in [0.05, 0.1) is 19.3 Å². The molecular weight excluding hydrogens is 266 g/mol. The molecule has 5 heteroatoms. The largest absolute Gasteiger partial charge is 0.504 e. The van der Waals surface area contributed by atoms with Crippen LogP contribution in [0.15, 0.2) is 12.1 Å². The molecular formula is C14H18ClNO3. The van der Waals surface area contributed by atoms with Crippen LogP contribution in [0.4, 0.5) is 0 Å². The number of hydrogen-bond acceptors (Lipinski definition) is 4. The van der Waals surface area contributed by atoms with Gasteiger partial charge in [-0.2, -0.15) is 0 Å². The number of methoxy groups -OCH3 is 1. The van der Waals surface area contributed by atoms with Crippen molar-refractivity contribution in [1.82, 2.24) is 5.32 Å².